The summed E-state index contributed by atoms with van der Waals surface area (Å²) in [6.07, 6.45) is 4.81. The van der Waals surface area contributed by atoms with Crippen LogP contribution in [-0.2, 0) is 4.74 Å². The molecule has 0 bridgehead atoms. The van der Waals surface area contributed by atoms with Crippen LogP contribution in [0.15, 0.2) is 24.3 Å². The van der Waals surface area contributed by atoms with Crippen molar-refractivity contribution in [3.8, 4) is 11.5 Å². The highest BCUT2D eigenvalue weighted by molar-refractivity contribution is 5.88. The zero-order valence-corrected chi connectivity index (χ0v) is 20.7. The van der Waals surface area contributed by atoms with Crippen LogP contribution in [0.2, 0.25) is 0 Å². The van der Waals surface area contributed by atoms with Crippen LogP contribution in [-0.4, -0.2) is 35.0 Å². The minimum Gasteiger partial charge on any atom is -0.490 e. The first-order valence-corrected chi connectivity index (χ1v) is 11.9. The second kappa shape index (κ2) is 11.7. The summed E-state index contributed by atoms with van der Waals surface area (Å²) < 4.78 is 69.2. The lowest BCUT2D eigenvalue weighted by atomic mass is 9.96. The van der Waals surface area contributed by atoms with Crippen LogP contribution < -0.4 is 14.8 Å². The molecule has 37 heavy (non-hydrogen) atoms. The van der Waals surface area contributed by atoms with Crippen LogP contribution in [0.3, 0.4) is 0 Å². The molecule has 2 N–H and O–H groups in total. The van der Waals surface area contributed by atoms with Crippen LogP contribution in [0, 0.1) is 23.3 Å². The molecule has 7 nitrogen and oxygen atoms in total. The molecule has 0 atom stereocenters. The Kier molecular flexibility index (Phi) is 8.88. The molecule has 2 aromatic rings. The normalized spacial score (nSPS) is 15.4. The topological polar surface area (TPSA) is 94.1 Å². The van der Waals surface area contributed by atoms with Gasteiger partial charge in [-0.3, -0.25) is 5.32 Å². The molecule has 0 spiro atoms. The highest BCUT2D eigenvalue weighted by Gasteiger charge is 2.24. The number of anilines is 1. The van der Waals surface area contributed by atoms with Gasteiger partial charge in [-0.05, 0) is 65.4 Å². The maximum atomic E-state index is 13.7. The third-order valence-corrected chi connectivity index (χ3v) is 5.58. The van der Waals surface area contributed by atoms with Crippen molar-refractivity contribution in [2.75, 3.05) is 5.32 Å². The summed E-state index contributed by atoms with van der Waals surface area (Å²) in [7, 11) is 0. The zero-order chi connectivity index (χ0) is 27.3. The Labute approximate surface area is 211 Å². The molecule has 0 aromatic heterocycles. The first-order valence-electron chi connectivity index (χ1n) is 11.9. The average Bonchev–Trinajstić information content (AvgIpc) is 2.72. The number of rotatable bonds is 6. The summed E-state index contributed by atoms with van der Waals surface area (Å²) in [6.45, 7) is 5.04. The van der Waals surface area contributed by atoms with Crippen molar-refractivity contribution in [2.24, 2.45) is 0 Å². The van der Waals surface area contributed by atoms with Gasteiger partial charge >= 0.3 is 12.1 Å². The van der Waals surface area contributed by atoms with Crippen LogP contribution in [0.5, 0.6) is 11.5 Å². The molecule has 2 aliphatic rings. The maximum absolute atomic E-state index is 13.7. The van der Waals surface area contributed by atoms with E-state index in [-0.39, 0.29) is 29.4 Å². The second-order valence-corrected chi connectivity index (χ2v) is 9.81. The number of hydrogen-bond donors (Lipinski definition) is 2. The molecule has 202 valence electrons. The monoisotopic (exact) mass is 527 g/mol. The van der Waals surface area contributed by atoms with Gasteiger partial charge in [0, 0.05) is 18.2 Å². The number of carbonyl (C=O) groups is 2. The van der Waals surface area contributed by atoms with Gasteiger partial charge in [-0.15, -0.1) is 0 Å². The number of aromatic carboxylic acids is 1. The molecule has 0 aliphatic heterocycles. The van der Waals surface area contributed by atoms with Gasteiger partial charge in [0.15, 0.2) is 23.3 Å². The van der Waals surface area contributed by atoms with Gasteiger partial charge in [0.2, 0.25) is 0 Å². The number of amides is 1. The molecule has 2 aromatic carbocycles. The molecule has 0 heterocycles. The number of carboxylic acids is 1. The number of halogens is 4. The number of benzene rings is 2. The quantitative estimate of drug-likeness (QED) is 0.400. The van der Waals surface area contributed by atoms with E-state index in [0.717, 1.165) is 56.7 Å². The first kappa shape index (κ1) is 28.1. The Morgan fingerprint density at radius 2 is 1.32 bits per heavy atom. The van der Waals surface area contributed by atoms with Crippen molar-refractivity contribution in [3.63, 3.8) is 0 Å². The summed E-state index contributed by atoms with van der Waals surface area (Å²) >= 11 is 0. The molecule has 2 aliphatic carbocycles. The van der Waals surface area contributed by atoms with E-state index in [2.05, 4.69) is 5.32 Å². The van der Waals surface area contributed by atoms with E-state index >= 15 is 0 Å². The SMILES string of the molecule is CC(C)(C)OC(=O)Nc1cc(OC2CCC2)cc(F)c1F.O=C(O)c1cc(OC2CCC2)cc(F)c1F. The standard InChI is InChI=1S/C15H19F2NO3.C11H10F2O3/c1-15(2,3)21-14(19)18-12-8-10(7-11(16)13(12)17)20-9-5-4-6-9;12-9-5-7(16-6-2-1-3-6)4-8(10(9)13)11(14)15/h7-9H,4-6H2,1-3H3,(H,18,19);4-6H,1-3H2,(H,14,15). The van der Waals surface area contributed by atoms with E-state index in [1.165, 1.54) is 6.07 Å². The number of nitrogens with one attached hydrogen (secondary N) is 1. The number of ether oxygens (including phenoxy) is 3. The first-order chi connectivity index (χ1) is 17.3. The largest absolute Gasteiger partial charge is 0.490 e. The van der Waals surface area contributed by atoms with Crippen molar-refractivity contribution < 1.29 is 46.5 Å². The zero-order valence-electron chi connectivity index (χ0n) is 20.7. The molecule has 0 unspecified atom stereocenters. The van der Waals surface area contributed by atoms with Crippen LogP contribution in [0.25, 0.3) is 0 Å². The van der Waals surface area contributed by atoms with E-state index in [1.807, 2.05) is 0 Å². The van der Waals surface area contributed by atoms with Gasteiger partial charge in [-0.2, -0.15) is 0 Å². The van der Waals surface area contributed by atoms with Crippen molar-refractivity contribution >= 4 is 17.7 Å². The molecule has 1 amide bonds. The molecular formula is C26H29F4NO6. The molecule has 2 fully saturated rings. The van der Waals surface area contributed by atoms with Gasteiger partial charge in [0.25, 0.3) is 0 Å². The molecule has 11 heteroatoms. The minimum atomic E-state index is -1.50. The van der Waals surface area contributed by atoms with Crippen molar-refractivity contribution in [1.82, 2.24) is 0 Å². The fourth-order valence-electron chi connectivity index (χ4n) is 3.29. The fourth-order valence-corrected chi connectivity index (χ4v) is 3.29. The average molecular weight is 528 g/mol. The molecule has 2 saturated carbocycles. The summed E-state index contributed by atoms with van der Waals surface area (Å²) in [5.74, 6) is -6.00. The lowest BCUT2D eigenvalue weighted by Crippen LogP contribution is -2.28. The Balaban J connectivity index is 0.000000213. The molecule has 0 radical (unpaired) electrons. The van der Waals surface area contributed by atoms with Gasteiger partial charge in [0.1, 0.15) is 22.7 Å². The lowest BCUT2D eigenvalue weighted by Gasteiger charge is -2.26. The molecule has 4 rings (SSSR count). The predicted molar refractivity (Wildman–Crippen MR) is 126 cm³/mol. The summed E-state index contributed by atoms with van der Waals surface area (Å²) in [5.41, 5.74) is -1.72. The molecular weight excluding hydrogens is 498 g/mol. The Morgan fingerprint density at radius 3 is 1.76 bits per heavy atom. The predicted octanol–water partition coefficient (Wildman–Crippen LogP) is 6.84. The van der Waals surface area contributed by atoms with E-state index in [4.69, 9.17) is 19.3 Å². The molecule has 0 saturated heterocycles. The smallest absolute Gasteiger partial charge is 0.412 e. The van der Waals surface area contributed by atoms with Gasteiger partial charge in [-0.1, -0.05) is 0 Å². The summed E-state index contributed by atoms with van der Waals surface area (Å²) in [4.78, 5) is 22.3. The van der Waals surface area contributed by atoms with Crippen molar-refractivity contribution in [3.05, 3.63) is 53.1 Å². The summed E-state index contributed by atoms with van der Waals surface area (Å²) in [6, 6.07) is 4.13. The summed E-state index contributed by atoms with van der Waals surface area (Å²) in [5, 5.41) is 10.9. The van der Waals surface area contributed by atoms with Crippen molar-refractivity contribution in [2.45, 2.75) is 77.1 Å². The fraction of sp³-hybridized carbons (Fsp3) is 0.462. The lowest BCUT2D eigenvalue weighted by molar-refractivity contribution is 0.0633. The third kappa shape index (κ3) is 7.99. The number of carboxylic acid groups (broad SMARTS) is 1. The Morgan fingerprint density at radius 1 is 0.838 bits per heavy atom. The number of hydrogen-bond acceptors (Lipinski definition) is 5. The van der Waals surface area contributed by atoms with E-state index < -0.39 is 46.5 Å². The Hall–Kier alpha value is -3.50. The van der Waals surface area contributed by atoms with E-state index in [0.29, 0.717) is 0 Å². The minimum absolute atomic E-state index is 0.00786. The highest BCUT2D eigenvalue weighted by Crippen LogP contribution is 2.30. The van der Waals surface area contributed by atoms with Gasteiger partial charge in [0.05, 0.1) is 17.9 Å². The van der Waals surface area contributed by atoms with Gasteiger partial charge < -0.3 is 19.3 Å². The maximum Gasteiger partial charge on any atom is 0.412 e. The van der Waals surface area contributed by atoms with E-state index in [1.54, 1.807) is 20.8 Å². The van der Waals surface area contributed by atoms with Crippen LogP contribution in [0.1, 0.15) is 69.7 Å². The van der Waals surface area contributed by atoms with Gasteiger partial charge in [-0.25, -0.2) is 27.2 Å². The van der Waals surface area contributed by atoms with Crippen LogP contribution in [0.4, 0.5) is 28.0 Å². The van der Waals surface area contributed by atoms with Crippen LogP contribution >= 0.6 is 0 Å². The van der Waals surface area contributed by atoms with Crippen molar-refractivity contribution in [1.29, 1.82) is 0 Å². The second-order valence-electron chi connectivity index (χ2n) is 9.81. The highest BCUT2D eigenvalue weighted by atomic mass is 19.2. The Bertz CT molecular complexity index is 1140. The third-order valence-electron chi connectivity index (χ3n) is 5.58. The van der Waals surface area contributed by atoms with E-state index in [9.17, 15) is 27.2 Å². The number of carbonyl (C=O) groups excluding carboxylic acids is 1.